The number of hydrogen-bond acceptors (Lipinski definition) is 3. The molecule has 0 unspecified atom stereocenters. The monoisotopic (exact) mass is 166 g/mol. The van der Waals surface area contributed by atoms with Crippen LogP contribution in [-0.2, 0) is 14.6 Å². The molecule has 0 aromatic rings. The zero-order valence-electron chi connectivity index (χ0n) is 6.82. The van der Waals surface area contributed by atoms with E-state index in [0.717, 1.165) is 0 Å². The van der Waals surface area contributed by atoms with E-state index in [1.54, 1.807) is 6.08 Å². The lowest BCUT2D eigenvalue weighted by Crippen LogP contribution is -2.40. The smallest absolute Gasteiger partial charge is 0.183 e. The molecule has 2 aliphatic heterocycles. The second kappa shape index (κ2) is 2.54. The zero-order valence-corrected chi connectivity index (χ0v) is 6.82. The molecule has 0 radical (unpaired) electrons. The van der Waals surface area contributed by atoms with Crippen molar-refractivity contribution < 1.29 is 14.6 Å². The van der Waals surface area contributed by atoms with E-state index in [-0.39, 0.29) is 11.9 Å². The number of ketones is 1. The highest BCUT2D eigenvalue weighted by molar-refractivity contribution is 5.87. The number of carbonyl (C=O) groups is 1. The fourth-order valence-electron chi connectivity index (χ4n) is 1.35. The number of Topliss-reactive ketones (excluding diaryl/α,β-unsaturated/α-hetero) is 1. The Labute approximate surface area is 70.6 Å². The van der Waals surface area contributed by atoms with Crippen molar-refractivity contribution in [3.63, 3.8) is 0 Å². The minimum atomic E-state index is -0.858. The third-order valence-electron chi connectivity index (χ3n) is 2.21. The van der Waals surface area contributed by atoms with E-state index < -0.39 is 5.60 Å². The largest absolute Gasteiger partial charge is 0.296 e. The van der Waals surface area contributed by atoms with E-state index in [1.807, 2.05) is 18.2 Å². The Morgan fingerprint density at radius 3 is 3.00 bits per heavy atom. The lowest BCUT2D eigenvalue weighted by atomic mass is 9.95. The van der Waals surface area contributed by atoms with Gasteiger partial charge in [-0.1, -0.05) is 12.2 Å². The summed E-state index contributed by atoms with van der Waals surface area (Å²) in [4.78, 5) is 21.3. The van der Waals surface area contributed by atoms with Gasteiger partial charge in [-0.3, -0.25) is 4.79 Å². The van der Waals surface area contributed by atoms with E-state index in [1.165, 1.54) is 6.92 Å². The third-order valence-corrected chi connectivity index (χ3v) is 2.21. The van der Waals surface area contributed by atoms with E-state index in [9.17, 15) is 4.79 Å². The van der Waals surface area contributed by atoms with E-state index in [4.69, 9.17) is 9.78 Å². The Bertz CT molecular complexity index is 267. The minimum absolute atomic E-state index is 0.0243. The van der Waals surface area contributed by atoms with Crippen LogP contribution in [0.15, 0.2) is 24.3 Å². The summed E-state index contributed by atoms with van der Waals surface area (Å²) in [5.74, 6) is -0.0243. The fraction of sp³-hybridized carbons (Fsp3) is 0.444. The lowest BCUT2D eigenvalue weighted by molar-refractivity contribution is -0.350. The fourth-order valence-corrected chi connectivity index (χ4v) is 1.35. The highest BCUT2D eigenvalue weighted by atomic mass is 17.2. The molecule has 0 spiro atoms. The molecule has 1 aliphatic carbocycles. The maximum Gasteiger partial charge on any atom is 0.183 e. The van der Waals surface area contributed by atoms with Crippen molar-refractivity contribution in [3.8, 4) is 0 Å². The Morgan fingerprint density at radius 1 is 1.58 bits per heavy atom. The first-order valence-electron chi connectivity index (χ1n) is 3.94. The molecule has 2 atom stereocenters. The summed E-state index contributed by atoms with van der Waals surface area (Å²) in [7, 11) is 0. The summed E-state index contributed by atoms with van der Waals surface area (Å²) in [5.41, 5.74) is -0.858. The van der Waals surface area contributed by atoms with Crippen LogP contribution in [0.3, 0.4) is 0 Å². The quantitative estimate of drug-likeness (QED) is 0.433. The van der Waals surface area contributed by atoms with Crippen LogP contribution in [-0.4, -0.2) is 17.5 Å². The first kappa shape index (κ1) is 7.71. The molecule has 64 valence electrons. The van der Waals surface area contributed by atoms with Crippen molar-refractivity contribution in [1.29, 1.82) is 0 Å². The Kier molecular flexibility index (Phi) is 1.63. The van der Waals surface area contributed by atoms with Crippen LogP contribution in [0.1, 0.15) is 13.3 Å². The molecule has 3 heteroatoms. The average Bonchev–Trinajstić information content (AvgIpc) is 2.37. The van der Waals surface area contributed by atoms with Crippen LogP contribution in [0, 0.1) is 0 Å². The van der Waals surface area contributed by atoms with Crippen LogP contribution in [0.4, 0.5) is 0 Å². The van der Waals surface area contributed by atoms with Gasteiger partial charge in [0.25, 0.3) is 0 Å². The van der Waals surface area contributed by atoms with Crippen LogP contribution in [0.2, 0.25) is 0 Å². The number of rotatable bonds is 1. The first-order chi connectivity index (χ1) is 5.73. The van der Waals surface area contributed by atoms with Crippen LogP contribution in [0.5, 0.6) is 0 Å². The molecule has 3 rings (SSSR count). The van der Waals surface area contributed by atoms with E-state index in [2.05, 4.69) is 0 Å². The second-order valence-corrected chi connectivity index (χ2v) is 3.08. The third kappa shape index (κ3) is 1.02. The van der Waals surface area contributed by atoms with Crippen LogP contribution < -0.4 is 0 Å². The van der Waals surface area contributed by atoms with Crippen molar-refractivity contribution in [1.82, 2.24) is 0 Å². The number of fused-ring (bicyclic) bond motifs is 2. The van der Waals surface area contributed by atoms with Gasteiger partial charge in [-0.05, 0) is 19.1 Å². The van der Waals surface area contributed by atoms with E-state index >= 15 is 0 Å². The number of carbonyl (C=O) groups excluding carboxylic acids is 1. The molecule has 12 heavy (non-hydrogen) atoms. The minimum Gasteiger partial charge on any atom is -0.296 e. The normalized spacial score (nSPS) is 38.2. The molecule has 2 heterocycles. The summed E-state index contributed by atoms with van der Waals surface area (Å²) in [6, 6.07) is 0. The summed E-state index contributed by atoms with van der Waals surface area (Å²) < 4.78 is 0. The van der Waals surface area contributed by atoms with Gasteiger partial charge in [0, 0.05) is 6.42 Å². The Hall–Kier alpha value is -0.930. The summed E-state index contributed by atoms with van der Waals surface area (Å²) in [6.45, 7) is 1.51. The molecule has 0 aromatic heterocycles. The molecule has 0 saturated carbocycles. The van der Waals surface area contributed by atoms with Gasteiger partial charge in [0.2, 0.25) is 0 Å². The average molecular weight is 166 g/mol. The first-order valence-corrected chi connectivity index (χ1v) is 3.94. The predicted molar refractivity (Wildman–Crippen MR) is 42.3 cm³/mol. The topological polar surface area (TPSA) is 35.5 Å². The highest BCUT2D eigenvalue weighted by Gasteiger charge is 2.39. The molecule has 2 bridgehead atoms. The van der Waals surface area contributed by atoms with Crippen molar-refractivity contribution in [2.75, 3.05) is 0 Å². The predicted octanol–water partition coefficient (Wildman–Crippen LogP) is 1.16. The standard InChI is InChI=1S/C9H10O3/c1-7(10)9-5-2-3-8(4-6-9)11-12-9/h2-4,6,8H,5H2,1H3/t8-,9+/m0/s1. The molecule has 0 N–H and O–H groups in total. The zero-order chi connectivity index (χ0) is 8.60. The summed E-state index contributed by atoms with van der Waals surface area (Å²) >= 11 is 0. The van der Waals surface area contributed by atoms with Gasteiger partial charge in [0.05, 0.1) is 0 Å². The molecule has 3 nitrogen and oxygen atoms in total. The van der Waals surface area contributed by atoms with Gasteiger partial charge in [0.15, 0.2) is 11.4 Å². The van der Waals surface area contributed by atoms with Gasteiger partial charge >= 0.3 is 0 Å². The van der Waals surface area contributed by atoms with Crippen LogP contribution in [0.25, 0.3) is 0 Å². The van der Waals surface area contributed by atoms with Gasteiger partial charge in [0.1, 0.15) is 6.10 Å². The maximum atomic E-state index is 11.2. The van der Waals surface area contributed by atoms with Gasteiger partial charge in [-0.2, -0.15) is 0 Å². The Balaban J connectivity index is 2.37. The molecule has 0 amide bonds. The molecule has 3 aliphatic rings. The maximum absolute atomic E-state index is 11.2. The molecule has 0 fully saturated rings. The van der Waals surface area contributed by atoms with Crippen molar-refractivity contribution in [3.05, 3.63) is 24.3 Å². The molecule has 0 saturated heterocycles. The molecular weight excluding hydrogens is 156 g/mol. The lowest BCUT2D eigenvalue weighted by Gasteiger charge is -2.27. The van der Waals surface area contributed by atoms with Gasteiger partial charge < -0.3 is 0 Å². The van der Waals surface area contributed by atoms with Crippen molar-refractivity contribution in [2.45, 2.75) is 25.0 Å². The second-order valence-electron chi connectivity index (χ2n) is 3.08. The highest BCUT2D eigenvalue weighted by Crippen LogP contribution is 2.29. The van der Waals surface area contributed by atoms with Crippen molar-refractivity contribution in [2.24, 2.45) is 0 Å². The summed E-state index contributed by atoms with van der Waals surface area (Å²) in [5, 5.41) is 0. The van der Waals surface area contributed by atoms with Gasteiger partial charge in [-0.25, -0.2) is 9.78 Å². The van der Waals surface area contributed by atoms with Crippen molar-refractivity contribution >= 4 is 5.78 Å². The molecule has 0 aromatic carbocycles. The van der Waals surface area contributed by atoms with Gasteiger partial charge in [-0.15, -0.1) is 0 Å². The molecular formula is C9H10O3. The van der Waals surface area contributed by atoms with Crippen LogP contribution >= 0.6 is 0 Å². The summed E-state index contributed by atoms with van der Waals surface area (Å²) in [6.07, 6.45) is 7.86. The number of hydrogen-bond donors (Lipinski definition) is 0. The SMILES string of the molecule is CC(=O)[C@]12C=C[C@H](C=CC1)OO2. The van der Waals surface area contributed by atoms with E-state index in [0.29, 0.717) is 6.42 Å². The Morgan fingerprint density at radius 2 is 2.42 bits per heavy atom.